The summed E-state index contributed by atoms with van der Waals surface area (Å²) in [5.41, 5.74) is 5.18. The van der Waals surface area contributed by atoms with E-state index in [0.717, 1.165) is 48.4 Å². The molecule has 29 heavy (non-hydrogen) atoms. The van der Waals surface area contributed by atoms with E-state index in [-0.39, 0.29) is 5.91 Å². The Morgan fingerprint density at radius 3 is 2.69 bits per heavy atom. The van der Waals surface area contributed by atoms with Gasteiger partial charge in [-0.25, -0.2) is 4.68 Å². The zero-order valence-corrected chi connectivity index (χ0v) is 17.1. The van der Waals surface area contributed by atoms with Gasteiger partial charge < -0.3 is 10.2 Å². The van der Waals surface area contributed by atoms with E-state index in [1.165, 1.54) is 12.0 Å². The minimum Gasteiger partial charge on any atom is -0.381 e. The van der Waals surface area contributed by atoms with Crippen LogP contribution in [-0.4, -0.2) is 33.2 Å². The molecule has 1 atom stereocenters. The minimum absolute atomic E-state index is 0.154. The van der Waals surface area contributed by atoms with Gasteiger partial charge in [-0.15, -0.1) is 0 Å². The third-order valence-corrected chi connectivity index (χ3v) is 5.73. The first-order chi connectivity index (χ1) is 14.1. The van der Waals surface area contributed by atoms with Crippen molar-refractivity contribution in [3.8, 4) is 5.69 Å². The maximum atomic E-state index is 12.9. The molecule has 5 nitrogen and oxygen atoms in total. The number of carbonyl (C=O) groups excluding carboxylic acids is 1. The van der Waals surface area contributed by atoms with Crippen LogP contribution in [0.2, 0.25) is 0 Å². The van der Waals surface area contributed by atoms with Crippen LogP contribution < -0.4 is 5.32 Å². The summed E-state index contributed by atoms with van der Waals surface area (Å²) >= 11 is 0. The van der Waals surface area contributed by atoms with E-state index in [2.05, 4.69) is 48.5 Å². The van der Waals surface area contributed by atoms with Gasteiger partial charge in [0.2, 0.25) is 0 Å². The molecule has 1 fully saturated rings. The molecule has 3 aromatic rings. The minimum atomic E-state index is 0.154. The lowest BCUT2D eigenvalue weighted by Crippen LogP contribution is -2.42. The second kappa shape index (κ2) is 8.52. The van der Waals surface area contributed by atoms with Crippen molar-refractivity contribution in [2.75, 3.05) is 11.9 Å². The highest BCUT2D eigenvalue weighted by molar-refractivity contribution is 5.95. The lowest BCUT2D eigenvalue weighted by atomic mass is 10.0. The first-order valence-corrected chi connectivity index (χ1v) is 10.4. The summed E-state index contributed by atoms with van der Waals surface area (Å²) in [6.07, 6.45) is 7.13. The first-order valence-electron chi connectivity index (χ1n) is 10.4. The second-order valence-electron chi connectivity index (χ2n) is 7.84. The van der Waals surface area contributed by atoms with Crippen LogP contribution in [-0.2, 0) is 6.54 Å². The van der Waals surface area contributed by atoms with Crippen LogP contribution in [0.15, 0.2) is 60.9 Å². The van der Waals surface area contributed by atoms with E-state index in [9.17, 15) is 4.79 Å². The SMILES string of the molecule is Cc1cc(C(=O)N2CCCC[C@H]2C)ccc1NCc1ccc(-n2cccn2)cc1. The van der Waals surface area contributed by atoms with E-state index in [1.54, 1.807) is 6.20 Å². The summed E-state index contributed by atoms with van der Waals surface area (Å²) in [6.45, 7) is 5.81. The van der Waals surface area contributed by atoms with Crippen LogP contribution in [0.1, 0.15) is 47.7 Å². The van der Waals surface area contributed by atoms with E-state index < -0.39 is 0 Å². The molecule has 0 bridgehead atoms. The maximum absolute atomic E-state index is 12.9. The quantitative estimate of drug-likeness (QED) is 0.682. The smallest absolute Gasteiger partial charge is 0.254 e. The summed E-state index contributed by atoms with van der Waals surface area (Å²) in [7, 11) is 0. The van der Waals surface area contributed by atoms with Crippen LogP contribution in [0.3, 0.4) is 0 Å². The van der Waals surface area contributed by atoms with Crippen LogP contribution >= 0.6 is 0 Å². The fourth-order valence-corrected chi connectivity index (χ4v) is 3.95. The number of aromatic nitrogens is 2. The van der Waals surface area contributed by atoms with Gasteiger partial charge in [0.25, 0.3) is 5.91 Å². The van der Waals surface area contributed by atoms with Crippen molar-refractivity contribution in [1.29, 1.82) is 0 Å². The van der Waals surface area contributed by atoms with Gasteiger partial charge in [0.1, 0.15) is 0 Å². The number of piperidine rings is 1. The monoisotopic (exact) mass is 388 g/mol. The van der Waals surface area contributed by atoms with E-state index in [4.69, 9.17) is 0 Å². The number of hydrogen-bond donors (Lipinski definition) is 1. The Hall–Kier alpha value is -3.08. The molecule has 1 amide bonds. The van der Waals surface area contributed by atoms with Crippen LogP contribution in [0.25, 0.3) is 5.69 Å². The Balaban J connectivity index is 1.40. The predicted octanol–water partition coefficient (Wildman–Crippen LogP) is 4.81. The highest BCUT2D eigenvalue weighted by atomic mass is 16.2. The van der Waals surface area contributed by atoms with Crippen LogP contribution in [0.4, 0.5) is 5.69 Å². The Bertz CT molecular complexity index is 963. The zero-order chi connectivity index (χ0) is 20.2. The van der Waals surface area contributed by atoms with Gasteiger partial charge in [-0.1, -0.05) is 12.1 Å². The van der Waals surface area contributed by atoms with Crippen molar-refractivity contribution in [2.45, 2.75) is 45.7 Å². The molecule has 4 rings (SSSR count). The van der Waals surface area contributed by atoms with Crippen molar-refractivity contribution in [3.63, 3.8) is 0 Å². The standard InChI is InChI=1S/C24H28N4O/c1-18-16-21(24(29)27-14-4-3-6-19(27)2)9-12-23(18)25-17-20-7-10-22(11-8-20)28-15-5-13-26-28/h5,7-13,15-16,19,25H,3-4,6,14,17H2,1-2H3/t19-/m1/s1. The number of aryl methyl sites for hydroxylation is 1. The second-order valence-corrected chi connectivity index (χ2v) is 7.84. The van der Waals surface area contributed by atoms with Gasteiger partial charge in [0, 0.05) is 42.8 Å². The van der Waals surface area contributed by atoms with Gasteiger partial charge in [-0.2, -0.15) is 5.10 Å². The van der Waals surface area contributed by atoms with Crippen molar-refractivity contribution in [3.05, 3.63) is 77.6 Å². The van der Waals surface area contributed by atoms with E-state index >= 15 is 0 Å². The molecule has 0 saturated carbocycles. The average Bonchev–Trinajstić information content (AvgIpc) is 3.28. The van der Waals surface area contributed by atoms with Crippen LogP contribution in [0, 0.1) is 6.92 Å². The van der Waals surface area contributed by atoms with Gasteiger partial charge >= 0.3 is 0 Å². The molecule has 0 radical (unpaired) electrons. The molecular formula is C24H28N4O. The van der Waals surface area contributed by atoms with Gasteiger partial charge in [0.15, 0.2) is 0 Å². The molecular weight excluding hydrogens is 360 g/mol. The number of rotatable bonds is 5. The molecule has 0 unspecified atom stereocenters. The number of amides is 1. The number of anilines is 1. The van der Waals surface area contributed by atoms with Crippen LogP contribution in [0.5, 0.6) is 0 Å². The van der Waals surface area contributed by atoms with E-state index in [0.29, 0.717) is 6.04 Å². The van der Waals surface area contributed by atoms with Crippen molar-refractivity contribution in [1.82, 2.24) is 14.7 Å². The summed E-state index contributed by atoms with van der Waals surface area (Å²) in [5, 5.41) is 7.74. The number of likely N-dealkylation sites (tertiary alicyclic amines) is 1. The molecule has 1 aliphatic heterocycles. The largest absolute Gasteiger partial charge is 0.381 e. The normalized spacial score (nSPS) is 16.6. The summed E-state index contributed by atoms with van der Waals surface area (Å²) in [5.74, 6) is 0.154. The molecule has 1 aromatic heterocycles. The van der Waals surface area contributed by atoms with Crippen molar-refractivity contribution < 1.29 is 4.79 Å². The maximum Gasteiger partial charge on any atom is 0.254 e. The molecule has 1 N–H and O–H groups in total. The Labute approximate surface area is 172 Å². The Morgan fingerprint density at radius 1 is 1.17 bits per heavy atom. The fraction of sp³-hybridized carbons (Fsp3) is 0.333. The van der Waals surface area contributed by atoms with Crippen molar-refractivity contribution >= 4 is 11.6 Å². The summed E-state index contributed by atoms with van der Waals surface area (Å²) < 4.78 is 1.85. The number of nitrogens with zero attached hydrogens (tertiary/aromatic N) is 3. The highest BCUT2D eigenvalue weighted by Gasteiger charge is 2.24. The number of carbonyl (C=O) groups is 1. The molecule has 1 saturated heterocycles. The molecule has 5 heteroatoms. The highest BCUT2D eigenvalue weighted by Crippen LogP contribution is 2.23. The molecule has 1 aliphatic rings. The fourth-order valence-electron chi connectivity index (χ4n) is 3.95. The summed E-state index contributed by atoms with van der Waals surface area (Å²) in [4.78, 5) is 14.9. The number of benzene rings is 2. The topological polar surface area (TPSA) is 50.2 Å². The Morgan fingerprint density at radius 2 is 2.00 bits per heavy atom. The average molecular weight is 389 g/mol. The lowest BCUT2D eigenvalue weighted by molar-refractivity contribution is 0.0635. The van der Waals surface area contributed by atoms with Crippen molar-refractivity contribution in [2.24, 2.45) is 0 Å². The van der Waals surface area contributed by atoms with Gasteiger partial charge in [-0.3, -0.25) is 4.79 Å². The lowest BCUT2D eigenvalue weighted by Gasteiger charge is -2.33. The zero-order valence-electron chi connectivity index (χ0n) is 17.1. The van der Waals surface area contributed by atoms with E-state index in [1.807, 2.05) is 40.0 Å². The molecule has 2 aromatic carbocycles. The van der Waals surface area contributed by atoms with Gasteiger partial charge in [-0.05, 0) is 80.6 Å². The molecule has 0 aliphatic carbocycles. The molecule has 150 valence electrons. The third kappa shape index (κ3) is 4.34. The van der Waals surface area contributed by atoms with Gasteiger partial charge in [0.05, 0.1) is 5.69 Å². The first kappa shape index (κ1) is 19.2. The Kier molecular flexibility index (Phi) is 5.65. The number of hydrogen-bond acceptors (Lipinski definition) is 3. The third-order valence-electron chi connectivity index (χ3n) is 5.73. The molecule has 2 heterocycles. The molecule has 0 spiro atoms. The summed E-state index contributed by atoms with van der Waals surface area (Å²) in [6, 6.07) is 16.6. The number of nitrogens with one attached hydrogen (secondary N) is 1. The predicted molar refractivity (Wildman–Crippen MR) is 116 cm³/mol.